The lowest BCUT2D eigenvalue weighted by atomic mass is 10.1. The van der Waals surface area contributed by atoms with E-state index in [0.717, 1.165) is 23.2 Å². The molecule has 4 heteroatoms. The van der Waals surface area contributed by atoms with Gasteiger partial charge in [-0.1, -0.05) is 43.3 Å². The lowest BCUT2D eigenvalue weighted by Crippen LogP contribution is -2.17. The van der Waals surface area contributed by atoms with Gasteiger partial charge in [0, 0.05) is 18.2 Å². The molecule has 0 radical (unpaired) electrons. The highest BCUT2D eigenvalue weighted by molar-refractivity contribution is 5.86. The van der Waals surface area contributed by atoms with E-state index in [9.17, 15) is 4.79 Å². The van der Waals surface area contributed by atoms with E-state index in [0.29, 0.717) is 12.4 Å². The van der Waals surface area contributed by atoms with Gasteiger partial charge in [-0.3, -0.25) is 4.79 Å². The van der Waals surface area contributed by atoms with E-state index in [2.05, 4.69) is 27.4 Å². The molecule has 106 valence electrons. The molecular formula is C17H17N3O. The van der Waals surface area contributed by atoms with Crippen molar-refractivity contribution >= 4 is 10.8 Å². The third kappa shape index (κ3) is 3.01. The number of aromatic nitrogens is 2. The van der Waals surface area contributed by atoms with E-state index in [1.807, 2.05) is 37.3 Å². The zero-order chi connectivity index (χ0) is 14.7. The predicted molar refractivity (Wildman–Crippen MR) is 85.2 cm³/mol. The van der Waals surface area contributed by atoms with Crippen LogP contribution in [0.25, 0.3) is 22.2 Å². The van der Waals surface area contributed by atoms with Gasteiger partial charge in [0.05, 0.1) is 5.69 Å². The fraction of sp³-hybridized carbons (Fsp3) is 0.176. The van der Waals surface area contributed by atoms with E-state index >= 15 is 0 Å². The van der Waals surface area contributed by atoms with E-state index < -0.39 is 0 Å². The number of nitrogens with zero attached hydrogens (tertiary/aromatic N) is 1. The van der Waals surface area contributed by atoms with E-state index in [1.54, 1.807) is 0 Å². The number of fused-ring (bicyclic) bond motifs is 1. The van der Waals surface area contributed by atoms with Crippen molar-refractivity contribution in [3.05, 3.63) is 64.6 Å². The summed E-state index contributed by atoms with van der Waals surface area (Å²) in [6, 6.07) is 15.7. The highest BCUT2D eigenvalue weighted by Gasteiger charge is 2.05. The molecule has 2 N–H and O–H groups in total. The summed E-state index contributed by atoms with van der Waals surface area (Å²) in [7, 11) is 0. The Labute approximate surface area is 122 Å². The van der Waals surface area contributed by atoms with Crippen molar-refractivity contribution in [2.75, 3.05) is 6.54 Å². The van der Waals surface area contributed by atoms with Gasteiger partial charge < -0.3 is 10.3 Å². The van der Waals surface area contributed by atoms with Crippen LogP contribution in [0.5, 0.6) is 0 Å². The molecule has 0 atom stereocenters. The second kappa shape index (κ2) is 5.89. The molecule has 21 heavy (non-hydrogen) atoms. The van der Waals surface area contributed by atoms with Gasteiger partial charge in [0.2, 0.25) is 0 Å². The molecular weight excluding hydrogens is 262 g/mol. The lowest BCUT2D eigenvalue weighted by molar-refractivity contribution is 0.708. The molecule has 1 aromatic heterocycles. The molecule has 0 aliphatic rings. The second-order valence-corrected chi connectivity index (χ2v) is 4.93. The van der Waals surface area contributed by atoms with Crippen LogP contribution in [-0.2, 0) is 6.54 Å². The van der Waals surface area contributed by atoms with Gasteiger partial charge in [0.1, 0.15) is 5.82 Å². The van der Waals surface area contributed by atoms with Crippen molar-refractivity contribution in [1.29, 1.82) is 0 Å². The fourth-order valence-corrected chi connectivity index (χ4v) is 2.32. The van der Waals surface area contributed by atoms with Crippen LogP contribution >= 0.6 is 0 Å². The van der Waals surface area contributed by atoms with E-state index in [-0.39, 0.29) is 5.56 Å². The number of hydrogen-bond acceptors (Lipinski definition) is 3. The van der Waals surface area contributed by atoms with Gasteiger partial charge in [-0.2, -0.15) is 0 Å². The Hall–Kier alpha value is -2.46. The first-order valence-corrected chi connectivity index (χ1v) is 7.06. The monoisotopic (exact) mass is 279 g/mol. The summed E-state index contributed by atoms with van der Waals surface area (Å²) in [5.41, 5.74) is 1.55. The molecule has 0 aliphatic carbocycles. The zero-order valence-electron chi connectivity index (χ0n) is 11.9. The molecule has 0 unspecified atom stereocenters. The fourth-order valence-electron chi connectivity index (χ4n) is 2.32. The van der Waals surface area contributed by atoms with Gasteiger partial charge >= 0.3 is 0 Å². The minimum Gasteiger partial charge on any atom is -0.311 e. The van der Waals surface area contributed by atoms with Crippen LogP contribution in [-0.4, -0.2) is 16.5 Å². The Bertz CT molecular complexity index is 823. The van der Waals surface area contributed by atoms with Gasteiger partial charge in [0.15, 0.2) is 0 Å². The summed E-state index contributed by atoms with van der Waals surface area (Å²) < 4.78 is 0. The van der Waals surface area contributed by atoms with Crippen LogP contribution in [0.4, 0.5) is 0 Å². The molecule has 0 bridgehead atoms. The normalized spacial score (nSPS) is 10.9. The van der Waals surface area contributed by atoms with Crippen molar-refractivity contribution in [1.82, 2.24) is 15.3 Å². The summed E-state index contributed by atoms with van der Waals surface area (Å²) in [6.07, 6.45) is 0. The van der Waals surface area contributed by atoms with Crippen molar-refractivity contribution in [3.8, 4) is 11.4 Å². The highest BCUT2D eigenvalue weighted by atomic mass is 16.1. The quantitative estimate of drug-likeness (QED) is 0.772. The first kappa shape index (κ1) is 13.5. The summed E-state index contributed by atoms with van der Waals surface area (Å²) in [5, 5.41) is 5.49. The van der Waals surface area contributed by atoms with Gasteiger partial charge in [-0.15, -0.1) is 0 Å². The standard InChI is InChI=1S/C17H17N3O/c1-2-18-11-15-10-16(21)20-17(19-15)14-8-7-12-5-3-4-6-13(12)9-14/h3-10,18H,2,11H2,1H3,(H,19,20,21). The number of nitrogens with one attached hydrogen (secondary N) is 2. The second-order valence-electron chi connectivity index (χ2n) is 4.93. The molecule has 3 aromatic rings. The third-order valence-corrected chi connectivity index (χ3v) is 3.37. The van der Waals surface area contributed by atoms with Crippen LogP contribution in [0, 0.1) is 0 Å². The number of rotatable bonds is 4. The van der Waals surface area contributed by atoms with Gasteiger partial charge in [-0.25, -0.2) is 4.98 Å². The molecule has 0 spiro atoms. The van der Waals surface area contributed by atoms with Gasteiger partial charge in [0.25, 0.3) is 5.56 Å². The SMILES string of the molecule is CCNCc1cc(=O)[nH]c(-c2ccc3ccccc3c2)n1. The Kier molecular flexibility index (Phi) is 3.79. The maximum absolute atomic E-state index is 11.8. The van der Waals surface area contributed by atoms with Crippen LogP contribution in [0.1, 0.15) is 12.6 Å². The number of H-pyrrole nitrogens is 1. The first-order chi connectivity index (χ1) is 10.3. The molecule has 0 fully saturated rings. The largest absolute Gasteiger partial charge is 0.311 e. The molecule has 1 heterocycles. The molecule has 0 aliphatic heterocycles. The molecule has 0 amide bonds. The average Bonchev–Trinajstić information content (AvgIpc) is 2.52. The smallest absolute Gasteiger partial charge is 0.251 e. The van der Waals surface area contributed by atoms with Crippen molar-refractivity contribution in [3.63, 3.8) is 0 Å². The summed E-state index contributed by atoms with van der Waals surface area (Å²) in [5.74, 6) is 0.612. The summed E-state index contributed by atoms with van der Waals surface area (Å²) >= 11 is 0. The van der Waals surface area contributed by atoms with Crippen LogP contribution in [0.15, 0.2) is 53.3 Å². The Morgan fingerprint density at radius 1 is 1.10 bits per heavy atom. The Morgan fingerprint density at radius 2 is 1.90 bits per heavy atom. The molecule has 3 rings (SSSR count). The third-order valence-electron chi connectivity index (χ3n) is 3.37. The molecule has 2 aromatic carbocycles. The van der Waals surface area contributed by atoms with Crippen molar-refractivity contribution in [2.45, 2.75) is 13.5 Å². The van der Waals surface area contributed by atoms with Crippen molar-refractivity contribution < 1.29 is 0 Å². The van der Waals surface area contributed by atoms with Crippen LogP contribution < -0.4 is 10.9 Å². The number of aromatic amines is 1. The van der Waals surface area contributed by atoms with Crippen molar-refractivity contribution in [2.24, 2.45) is 0 Å². The maximum atomic E-state index is 11.8. The first-order valence-electron chi connectivity index (χ1n) is 7.06. The molecule has 4 nitrogen and oxygen atoms in total. The summed E-state index contributed by atoms with van der Waals surface area (Å²) in [4.78, 5) is 19.1. The maximum Gasteiger partial charge on any atom is 0.251 e. The van der Waals surface area contributed by atoms with Crippen LogP contribution in [0.3, 0.4) is 0 Å². The zero-order valence-corrected chi connectivity index (χ0v) is 11.9. The minimum atomic E-state index is -0.124. The topological polar surface area (TPSA) is 57.8 Å². The van der Waals surface area contributed by atoms with E-state index in [1.165, 1.54) is 11.5 Å². The minimum absolute atomic E-state index is 0.124. The lowest BCUT2D eigenvalue weighted by Gasteiger charge is -2.06. The Morgan fingerprint density at radius 3 is 2.71 bits per heavy atom. The Balaban J connectivity index is 2.04. The number of benzene rings is 2. The van der Waals surface area contributed by atoms with Gasteiger partial charge in [-0.05, 0) is 23.4 Å². The highest BCUT2D eigenvalue weighted by Crippen LogP contribution is 2.21. The summed E-state index contributed by atoms with van der Waals surface area (Å²) in [6.45, 7) is 3.47. The van der Waals surface area contributed by atoms with Crippen LogP contribution in [0.2, 0.25) is 0 Å². The molecule has 0 saturated carbocycles. The molecule has 0 saturated heterocycles. The van der Waals surface area contributed by atoms with E-state index in [4.69, 9.17) is 0 Å². The predicted octanol–water partition coefficient (Wildman–Crippen LogP) is 2.70. The number of hydrogen-bond donors (Lipinski definition) is 2. The average molecular weight is 279 g/mol.